The molecule has 3 N–H and O–H groups in total. The second kappa shape index (κ2) is 8.21. The second-order valence-corrected chi connectivity index (χ2v) is 5.53. The molecular formula is C16H13BrFN3O3. The van der Waals surface area contributed by atoms with Crippen molar-refractivity contribution in [2.75, 3.05) is 6.54 Å². The number of benzene rings is 2. The van der Waals surface area contributed by atoms with Gasteiger partial charge >= 0.3 is 0 Å². The monoisotopic (exact) mass is 393 g/mol. The van der Waals surface area contributed by atoms with Crippen LogP contribution in [0, 0.1) is 5.82 Å². The molecule has 0 radical (unpaired) electrons. The SMILES string of the molecule is O=C(CNC(=O)c1ccc(F)cc1)NNC(=O)c1ccccc1Br. The summed E-state index contributed by atoms with van der Waals surface area (Å²) in [5, 5.41) is 2.36. The number of hydrogen-bond acceptors (Lipinski definition) is 3. The van der Waals surface area contributed by atoms with Crippen molar-refractivity contribution in [3.05, 3.63) is 69.9 Å². The van der Waals surface area contributed by atoms with Crippen LogP contribution in [0.25, 0.3) is 0 Å². The summed E-state index contributed by atoms with van der Waals surface area (Å²) in [6.07, 6.45) is 0. The lowest BCUT2D eigenvalue weighted by Crippen LogP contribution is -2.46. The first-order chi connectivity index (χ1) is 11.5. The molecule has 3 amide bonds. The molecule has 6 nitrogen and oxygen atoms in total. The summed E-state index contributed by atoms with van der Waals surface area (Å²) in [6, 6.07) is 11.6. The summed E-state index contributed by atoms with van der Waals surface area (Å²) in [5.74, 6) is -2.09. The zero-order chi connectivity index (χ0) is 17.5. The summed E-state index contributed by atoms with van der Waals surface area (Å²) >= 11 is 3.23. The highest BCUT2D eigenvalue weighted by Crippen LogP contribution is 2.15. The van der Waals surface area contributed by atoms with Crippen molar-refractivity contribution in [1.82, 2.24) is 16.2 Å². The topological polar surface area (TPSA) is 87.3 Å². The van der Waals surface area contributed by atoms with E-state index in [2.05, 4.69) is 32.1 Å². The van der Waals surface area contributed by atoms with Gasteiger partial charge in [0.1, 0.15) is 5.82 Å². The molecule has 0 aromatic heterocycles. The molecule has 24 heavy (non-hydrogen) atoms. The lowest BCUT2D eigenvalue weighted by Gasteiger charge is -2.09. The van der Waals surface area contributed by atoms with E-state index in [0.29, 0.717) is 10.0 Å². The summed E-state index contributed by atoms with van der Waals surface area (Å²) in [7, 11) is 0. The first kappa shape index (κ1) is 17.6. The Kier molecular flexibility index (Phi) is 6.02. The Bertz CT molecular complexity index is 765. The minimum absolute atomic E-state index is 0.224. The van der Waals surface area contributed by atoms with Gasteiger partial charge in [-0.25, -0.2) is 4.39 Å². The minimum Gasteiger partial charge on any atom is -0.343 e. The van der Waals surface area contributed by atoms with E-state index in [-0.39, 0.29) is 12.1 Å². The van der Waals surface area contributed by atoms with Crippen LogP contribution in [0.3, 0.4) is 0 Å². The van der Waals surface area contributed by atoms with Gasteiger partial charge in [0, 0.05) is 10.0 Å². The third-order valence-electron chi connectivity index (χ3n) is 2.95. The standard InChI is InChI=1S/C16H13BrFN3O3/c17-13-4-2-1-3-12(13)16(24)21-20-14(22)9-19-15(23)10-5-7-11(18)8-6-10/h1-8H,9H2,(H,19,23)(H,20,22)(H,21,24). The van der Waals surface area contributed by atoms with Crippen molar-refractivity contribution in [2.24, 2.45) is 0 Å². The Balaban J connectivity index is 1.79. The van der Waals surface area contributed by atoms with Crippen LogP contribution in [0.5, 0.6) is 0 Å². The van der Waals surface area contributed by atoms with Crippen molar-refractivity contribution in [2.45, 2.75) is 0 Å². The smallest absolute Gasteiger partial charge is 0.270 e. The van der Waals surface area contributed by atoms with Gasteiger partial charge < -0.3 is 5.32 Å². The van der Waals surface area contributed by atoms with Gasteiger partial charge in [0.05, 0.1) is 12.1 Å². The predicted octanol–water partition coefficient (Wildman–Crippen LogP) is 1.78. The molecule has 2 rings (SSSR count). The van der Waals surface area contributed by atoms with Crippen LogP contribution >= 0.6 is 15.9 Å². The molecule has 0 unspecified atom stereocenters. The van der Waals surface area contributed by atoms with Gasteiger partial charge in [-0.05, 0) is 52.3 Å². The Morgan fingerprint density at radius 2 is 1.58 bits per heavy atom. The number of carbonyl (C=O) groups excluding carboxylic acids is 3. The number of halogens is 2. The zero-order valence-corrected chi connectivity index (χ0v) is 13.9. The average molecular weight is 394 g/mol. The van der Waals surface area contributed by atoms with Gasteiger partial charge in [-0.15, -0.1) is 0 Å². The molecule has 0 saturated heterocycles. The van der Waals surface area contributed by atoms with E-state index in [1.54, 1.807) is 24.3 Å². The Hall–Kier alpha value is -2.74. The maximum atomic E-state index is 12.8. The lowest BCUT2D eigenvalue weighted by molar-refractivity contribution is -0.120. The number of rotatable bonds is 4. The van der Waals surface area contributed by atoms with Crippen LogP contribution in [-0.4, -0.2) is 24.3 Å². The lowest BCUT2D eigenvalue weighted by atomic mass is 10.2. The molecule has 2 aromatic carbocycles. The van der Waals surface area contributed by atoms with Crippen molar-refractivity contribution < 1.29 is 18.8 Å². The third kappa shape index (κ3) is 4.88. The highest BCUT2D eigenvalue weighted by Gasteiger charge is 2.11. The average Bonchev–Trinajstić information content (AvgIpc) is 2.58. The largest absolute Gasteiger partial charge is 0.343 e. The predicted molar refractivity (Wildman–Crippen MR) is 88.5 cm³/mol. The van der Waals surface area contributed by atoms with Crippen molar-refractivity contribution in [3.8, 4) is 0 Å². The highest BCUT2D eigenvalue weighted by molar-refractivity contribution is 9.10. The maximum Gasteiger partial charge on any atom is 0.270 e. The van der Waals surface area contributed by atoms with Gasteiger partial charge in [-0.2, -0.15) is 0 Å². The Morgan fingerprint density at radius 1 is 0.917 bits per heavy atom. The molecule has 0 saturated carbocycles. The minimum atomic E-state index is -0.606. The molecule has 0 bridgehead atoms. The van der Waals surface area contributed by atoms with Crippen LogP contribution < -0.4 is 16.2 Å². The fraction of sp³-hybridized carbons (Fsp3) is 0.0625. The number of nitrogens with one attached hydrogen (secondary N) is 3. The number of hydrazine groups is 1. The van der Waals surface area contributed by atoms with Crippen LogP contribution in [-0.2, 0) is 4.79 Å². The van der Waals surface area contributed by atoms with Gasteiger partial charge in [0.2, 0.25) is 0 Å². The van der Waals surface area contributed by atoms with E-state index in [1.165, 1.54) is 12.1 Å². The van der Waals surface area contributed by atoms with Crippen LogP contribution in [0.4, 0.5) is 4.39 Å². The van der Waals surface area contributed by atoms with E-state index in [0.717, 1.165) is 12.1 Å². The molecule has 8 heteroatoms. The zero-order valence-electron chi connectivity index (χ0n) is 12.3. The molecule has 0 aliphatic rings. The summed E-state index contributed by atoms with van der Waals surface area (Å²) in [6.45, 7) is -0.341. The molecule has 0 fully saturated rings. The van der Waals surface area contributed by atoms with Gasteiger partial charge in [0.15, 0.2) is 0 Å². The van der Waals surface area contributed by atoms with Crippen molar-refractivity contribution in [3.63, 3.8) is 0 Å². The molecule has 124 valence electrons. The first-order valence-electron chi connectivity index (χ1n) is 6.85. The van der Waals surface area contributed by atoms with E-state index < -0.39 is 23.5 Å². The third-order valence-corrected chi connectivity index (χ3v) is 3.64. The number of hydrogen-bond donors (Lipinski definition) is 3. The first-order valence-corrected chi connectivity index (χ1v) is 7.64. The molecule has 0 heterocycles. The fourth-order valence-electron chi connectivity index (χ4n) is 1.75. The Morgan fingerprint density at radius 3 is 2.25 bits per heavy atom. The molecule has 0 spiro atoms. The van der Waals surface area contributed by atoms with Gasteiger partial charge in [-0.3, -0.25) is 25.2 Å². The van der Waals surface area contributed by atoms with Gasteiger partial charge in [-0.1, -0.05) is 12.1 Å². The second-order valence-electron chi connectivity index (χ2n) is 4.67. The van der Waals surface area contributed by atoms with Gasteiger partial charge in [0.25, 0.3) is 17.7 Å². The van der Waals surface area contributed by atoms with Crippen LogP contribution in [0.2, 0.25) is 0 Å². The Labute approximate surface area is 145 Å². The van der Waals surface area contributed by atoms with E-state index in [9.17, 15) is 18.8 Å². The fourth-order valence-corrected chi connectivity index (χ4v) is 2.21. The molecule has 2 aromatic rings. The molecule has 0 atom stereocenters. The molecule has 0 aliphatic heterocycles. The number of amides is 3. The molecular weight excluding hydrogens is 381 g/mol. The van der Waals surface area contributed by atoms with Crippen LogP contribution in [0.15, 0.2) is 53.0 Å². The molecule has 0 aliphatic carbocycles. The van der Waals surface area contributed by atoms with E-state index in [1.807, 2.05) is 0 Å². The maximum absolute atomic E-state index is 12.8. The quantitative estimate of drug-likeness (QED) is 0.691. The van der Waals surface area contributed by atoms with Crippen molar-refractivity contribution in [1.29, 1.82) is 0 Å². The highest BCUT2D eigenvalue weighted by atomic mass is 79.9. The number of carbonyl (C=O) groups is 3. The normalized spacial score (nSPS) is 9.92. The van der Waals surface area contributed by atoms with Crippen LogP contribution in [0.1, 0.15) is 20.7 Å². The summed E-state index contributed by atoms with van der Waals surface area (Å²) in [5.41, 5.74) is 5.01. The van der Waals surface area contributed by atoms with E-state index >= 15 is 0 Å². The summed E-state index contributed by atoms with van der Waals surface area (Å²) in [4.78, 5) is 35.3. The van der Waals surface area contributed by atoms with Crippen molar-refractivity contribution >= 4 is 33.7 Å². The summed E-state index contributed by atoms with van der Waals surface area (Å²) < 4.78 is 13.4. The van der Waals surface area contributed by atoms with E-state index in [4.69, 9.17) is 0 Å².